The lowest BCUT2D eigenvalue weighted by Crippen LogP contribution is -2.32. The minimum atomic E-state index is -0.199. The number of aromatic nitrogens is 2. The molecule has 26 heavy (non-hydrogen) atoms. The first-order valence-electron chi connectivity index (χ1n) is 8.52. The van der Waals surface area contributed by atoms with Crippen molar-refractivity contribution in [3.63, 3.8) is 0 Å². The van der Waals surface area contributed by atoms with Crippen LogP contribution in [-0.4, -0.2) is 22.0 Å². The number of aryl methyl sites for hydroxylation is 1. The minimum absolute atomic E-state index is 0.0273. The van der Waals surface area contributed by atoms with E-state index in [0.29, 0.717) is 21.8 Å². The predicted molar refractivity (Wildman–Crippen MR) is 107 cm³/mol. The third-order valence-electron chi connectivity index (χ3n) is 4.15. The number of hydrogen-bond acceptors (Lipinski definition) is 4. The Morgan fingerprint density at radius 2 is 2.04 bits per heavy atom. The van der Waals surface area contributed by atoms with E-state index >= 15 is 0 Å². The minimum Gasteiger partial charge on any atom is -0.355 e. The molecular formula is C19H20ClN3O2S. The van der Waals surface area contributed by atoms with Crippen LogP contribution >= 0.6 is 22.9 Å². The Kier molecular flexibility index (Phi) is 5.74. The summed E-state index contributed by atoms with van der Waals surface area (Å²) in [5.74, 6) is -0.179. The van der Waals surface area contributed by atoms with Crippen LogP contribution in [0.25, 0.3) is 21.3 Å². The van der Waals surface area contributed by atoms with Gasteiger partial charge in [-0.2, -0.15) is 0 Å². The Balaban J connectivity index is 2.00. The summed E-state index contributed by atoms with van der Waals surface area (Å²) in [6.07, 6.45) is 3.38. The van der Waals surface area contributed by atoms with Gasteiger partial charge in [0.05, 0.1) is 11.7 Å². The quantitative estimate of drug-likeness (QED) is 0.648. The van der Waals surface area contributed by atoms with E-state index in [-0.39, 0.29) is 18.0 Å². The van der Waals surface area contributed by atoms with Crippen molar-refractivity contribution in [2.45, 2.75) is 33.2 Å². The first-order valence-corrected chi connectivity index (χ1v) is 9.72. The van der Waals surface area contributed by atoms with E-state index in [2.05, 4.69) is 17.2 Å². The molecule has 0 saturated carbocycles. The molecule has 2 heterocycles. The van der Waals surface area contributed by atoms with Crippen LogP contribution in [0.2, 0.25) is 5.02 Å². The van der Waals surface area contributed by atoms with Crippen LogP contribution in [0.15, 0.2) is 35.4 Å². The number of thiophene rings is 1. The fraction of sp³-hybridized carbons (Fsp3) is 0.316. The number of rotatable bonds is 6. The number of carbonyl (C=O) groups excluding carboxylic acids is 1. The second-order valence-corrected chi connectivity index (χ2v) is 7.74. The first-order chi connectivity index (χ1) is 12.5. The second kappa shape index (κ2) is 8.01. The number of amides is 1. The van der Waals surface area contributed by atoms with Crippen LogP contribution in [0.5, 0.6) is 0 Å². The van der Waals surface area contributed by atoms with E-state index in [1.54, 1.807) is 12.1 Å². The predicted octanol–water partition coefficient (Wildman–Crippen LogP) is 4.00. The molecule has 0 unspecified atom stereocenters. The molecule has 7 heteroatoms. The van der Waals surface area contributed by atoms with Crippen LogP contribution in [0.3, 0.4) is 0 Å². The van der Waals surface area contributed by atoms with Crippen molar-refractivity contribution < 1.29 is 4.79 Å². The van der Waals surface area contributed by atoms with E-state index in [0.717, 1.165) is 28.8 Å². The largest absolute Gasteiger partial charge is 0.355 e. The molecule has 1 amide bonds. The molecule has 3 aromatic rings. The highest BCUT2D eigenvalue weighted by atomic mass is 35.5. The lowest BCUT2D eigenvalue weighted by atomic mass is 10.0. The number of fused-ring (bicyclic) bond motifs is 1. The normalized spacial score (nSPS) is 11.0. The molecule has 1 aromatic carbocycles. The van der Waals surface area contributed by atoms with Crippen molar-refractivity contribution in [2.75, 3.05) is 6.54 Å². The third-order valence-corrected chi connectivity index (χ3v) is 5.42. The smallest absolute Gasteiger partial charge is 0.263 e. The van der Waals surface area contributed by atoms with Crippen molar-refractivity contribution >= 4 is 39.1 Å². The molecule has 0 radical (unpaired) electrons. The molecule has 0 fully saturated rings. The lowest BCUT2D eigenvalue weighted by molar-refractivity contribution is -0.121. The van der Waals surface area contributed by atoms with E-state index < -0.39 is 0 Å². The standard InChI is InChI=1S/C19H20ClN3O2S/c1-3-4-9-21-15(24)10-23-11-22-18-17(19(23)25)16(12(2)26-18)13-5-7-14(20)8-6-13/h5-8,11H,3-4,9-10H2,1-2H3,(H,21,24). The summed E-state index contributed by atoms with van der Waals surface area (Å²) in [5.41, 5.74) is 1.58. The highest BCUT2D eigenvalue weighted by Gasteiger charge is 2.17. The van der Waals surface area contributed by atoms with Crippen molar-refractivity contribution in [2.24, 2.45) is 0 Å². The second-order valence-electron chi connectivity index (χ2n) is 6.10. The average molecular weight is 390 g/mol. The van der Waals surface area contributed by atoms with E-state index in [9.17, 15) is 9.59 Å². The summed E-state index contributed by atoms with van der Waals surface area (Å²) in [6, 6.07) is 7.39. The Bertz CT molecular complexity index is 992. The van der Waals surface area contributed by atoms with Crippen molar-refractivity contribution in [1.29, 1.82) is 0 Å². The molecule has 0 aliphatic rings. The summed E-state index contributed by atoms with van der Waals surface area (Å²) < 4.78 is 1.37. The molecule has 3 rings (SSSR count). The van der Waals surface area contributed by atoms with Gasteiger partial charge in [-0.05, 0) is 31.0 Å². The lowest BCUT2D eigenvalue weighted by Gasteiger charge is -2.07. The Hall–Kier alpha value is -2.18. The number of carbonyl (C=O) groups is 1. The number of halogens is 1. The molecule has 0 aliphatic heterocycles. The summed E-state index contributed by atoms with van der Waals surface area (Å²) in [6.45, 7) is 4.62. The zero-order valence-electron chi connectivity index (χ0n) is 14.7. The molecule has 0 atom stereocenters. The summed E-state index contributed by atoms with van der Waals surface area (Å²) in [7, 11) is 0. The van der Waals surface area contributed by atoms with E-state index in [4.69, 9.17) is 11.6 Å². The number of nitrogens with zero attached hydrogens (tertiary/aromatic N) is 2. The van der Waals surface area contributed by atoms with Crippen LogP contribution in [-0.2, 0) is 11.3 Å². The number of unbranched alkanes of at least 4 members (excludes halogenated alkanes) is 1. The van der Waals surface area contributed by atoms with Gasteiger partial charge in [0, 0.05) is 22.0 Å². The highest BCUT2D eigenvalue weighted by molar-refractivity contribution is 7.19. The number of benzene rings is 1. The highest BCUT2D eigenvalue weighted by Crippen LogP contribution is 2.35. The molecule has 2 aromatic heterocycles. The van der Waals surface area contributed by atoms with Crippen molar-refractivity contribution in [3.05, 3.63) is 50.8 Å². The van der Waals surface area contributed by atoms with E-state index in [1.165, 1.54) is 22.2 Å². The van der Waals surface area contributed by atoms with Gasteiger partial charge in [-0.3, -0.25) is 14.2 Å². The summed E-state index contributed by atoms with van der Waals surface area (Å²) in [4.78, 5) is 31.1. The first kappa shape index (κ1) is 18.6. The van der Waals surface area contributed by atoms with Crippen LogP contribution in [0.1, 0.15) is 24.6 Å². The van der Waals surface area contributed by atoms with Crippen molar-refractivity contribution in [3.8, 4) is 11.1 Å². The van der Waals surface area contributed by atoms with E-state index in [1.807, 2.05) is 19.1 Å². The average Bonchev–Trinajstić information content (AvgIpc) is 2.95. The van der Waals surface area contributed by atoms with Gasteiger partial charge in [0.15, 0.2) is 0 Å². The fourth-order valence-electron chi connectivity index (χ4n) is 2.83. The van der Waals surface area contributed by atoms with Gasteiger partial charge < -0.3 is 5.32 Å². The zero-order valence-corrected chi connectivity index (χ0v) is 16.3. The van der Waals surface area contributed by atoms with Gasteiger partial charge in [-0.1, -0.05) is 37.1 Å². The maximum Gasteiger partial charge on any atom is 0.263 e. The molecule has 0 aliphatic carbocycles. The SMILES string of the molecule is CCCCNC(=O)Cn1cnc2sc(C)c(-c3ccc(Cl)cc3)c2c1=O. The topological polar surface area (TPSA) is 64.0 Å². The zero-order chi connectivity index (χ0) is 18.7. The van der Waals surface area contributed by atoms with Crippen LogP contribution < -0.4 is 10.9 Å². The number of nitrogens with one attached hydrogen (secondary N) is 1. The molecule has 1 N–H and O–H groups in total. The maximum absolute atomic E-state index is 13.0. The monoisotopic (exact) mass is 389 g/mol. The Morgan fingerprint density at radius 3 is 2.73 bits per heavy atom. The maximum atomic E-state index is 13.0. The molecule has 5 nitrogen and oxygen atoms in total. The fourth-order valence-corrected chi connectivity index (χ4v) is 3.96. The molecule has 0 saturated heterocycles. The van der Waals surface area contributed by atoms with Crippen molar-refractivity contribution in [1.82, 2.24) is 14.9 Å². The Labute approximate surface area is 160 Å². The van der Waals surface area contributed by atoms with Gasteiger partial charge in [-0.15, -0.1) is 11.3 Å². The summed E-state index contributed by atoms with van der Waals surface area (Å²) in [5, 5.41) is 4.02. The Morgan fingerprint density at radius 1 is 1.31 bits per heavy atom. The van der Waals surface area contributed by atoms with Gasteiger partial charge in [-0.25, -0.2) is 4.98 Å². The molecule has 136 valence electrons. The molecular weight excluding hydrogens is 370 g/mol. The van der Waals surface area contributed by atoms with Gasteiger partial charge >= 0.3 is 0 Å². The van der Waals surface area contributed by atoms with Crippen LogP contribution in [0, 0.1) is 6.92 Å². The van der Waals surface area contributed by atoms with Gasteiger partial charge in [0.1, 0.15) is 11.4 Å². The third kappa shape index (κ3) is 3.81. The molecule has 0 bridgehead atoms. The number of hydrogen-bond donors (Lipinski definition) is 1. The van der Waals surface area contributed by atoms with Gasteiger partial charge in [0.2, 0.25) is 5.91 Å². The van der Waals surface area contributed by atoms with Gasteiger partial charge in [0.25, 0.3) is 5.56 Å². The van der Waals surface area contributed by atoms with Crippen LogP contribution in [0.4, 0.5) is 0 Å². The molecule has 0 spiro atoms. The summed E-state index contributed by atoms with van der Waals surface area (Å²) >= 11 is 7.46.